The molecule has 0 radical (unpaired) electrons. The summed E-state index contributed by atoms with van der Waals surface area (Å²) in [5.41, 5.74) is 0.0808. The van der Waals surface area contributed by atoms with E-state index in [2.05, 4.69) is 5.32 Å². The van der Waals surface area contributed by atoms with Gasteiger partial charge in [0.25, 0.3) is 5.91 Å². The summed E-state index contributed by atoms with van der Waals surface area (Å²) in [6, 6.07) is 5.26. The Hall–Kier alpha value is -2.24. The highest BCUT2D eigenvalue weighted by molar-refractivity contribution is 5.97. The van der Waals surface area contributed by atoms with Crippen molar-refractivity contribution in [1.82, 2.24) is 10.2 Å². The summed E-state index contributed by atoms with van der Waals surface area (Å²) in [5.74, 6) is 1.63. The molecule has 0 unspecified atom stereocenters. The van der Waals surface area contributed by atoms with Crippen LogP contribution in [0.4, 0.5) is 0 Å². The molecule has 6 heteroatoms. The Labute approximate surface area is 141 Å². The first kappa shape index (κ1) is 15.3. The number of piperidine rings is 1. The van der Waals surface area contributed by atoms with Gasteiger partial charge in [-0.3, -0.25) is 9.59 Å². The Kier molecular flexibility index (Phi) is 3.62. The van der Waals surface area contributed by atoms with Crippen molar-refractivity contribution in [2.24, 2.45) is 5.92 Å². The lowest BCUT2D eigenvalue weighted by Gasteiger charge is -2.41. The van der Waals surface area contributed by atoms with Crippen LogP contribution in [0.25, 0.3) is 0 Å². The van der Waals surface area contributed by atoms with E-state index in [0.717, 1.165) is 25.7 Å². The molecule has 1 aromatic rings. The highest BCUT2D eigenvalue weighted by Gasteiger charge is 2.43. The highest BCUT2D eigenvalue weighted by atomic mass is 16.5. The maximum atomic E-state index is 12.3. The SMILES string of the molecule is COc1ccc2c(c1)OC1(CCN(C(=O)C3CC3)CC1)CNC2=O. The number of rotatable bonds is 2. The molecule has 3 aliphatic rings. The third kappa shape index (κ3) is 2.70. The number of methoxy groups -OCH3 is 1. The minimum atomic E-state index is -0.451. The third-order valence-corrected chi connectivity index (χ3v) is 5.24. The largest absolute Gasteiger partial charge is 0.497 e. The standard InChI is InChI=1S/C18H22N2O4/c1-23-13-4-5-14-15(10-13)24-18(11-19-16(14)21)6-8-20(9-7-18)17(22)12-2-3-12/h4-5,10,12H,2-3,6-9,11H2,1H3,(H,19,21). The molecule has 1 aromatic carbocycles. The number of nitrogens with zero attached hydrogens (tertiary/aromatic N) is 1. The predicted octanol–water partition coefficient (Wildman–Crippen LogP) is 1.59. The van der Waals surface area contributed by atoms with Crippen molar-refractivity contribution in [1.29, 1.82) is 0 Å². The second-order valence-corrected chi connectivity index (χ2v) is 6.93. The summed E-state index contributed by atoms with van der Waals surface area (Å²) in [7, 11) is 1.59. The number of carbonyl (C=O) groups is 2. The quantitative estimate of drug-likeness (QED) is 0.894. The van der Waals surface area contributed by atoms with Gasteiger partial charge in [-0.1, -0.05) is 0 Å². The van der Waals surface area contributed by atoms with E-state index in [1.54, 1.807) is 25.3 Å². The molecule has 4 rings (SSSR count). The molecule has 1 saturated heterocycles. The predicted molar refractivity (Wildman–Crippen MR) is 87.2 cm³/mol. The molecule has 6 nitrogen and oxygen atoms in total. The Balaban J connectivity index is 1.53. The number of hydrogen-bond donors (Lipinski definition) is 1. The zero-order valence-electron chi connectivity index (χ0n) is 13.8. The molecule has 1 N–H and O–H groups in total. The van der Waals surface area contributed by atoms with Gasteiger partial charge in [0.05, 0.1) is 19.2 Å². The maximum Gasteiger partial charge on any atom is 0.255 e. The molecule has 128 valence electrons. The zero-order valence-corrected chi connectivity index (χ0v) is 13.8. The van der Waals surface area contributed by atoms with Crippen molar-refractivity contribution < 1.29 is 19.1 Å². The lowest BCUT2D eigenvalue weighted by atomic mass is 9.90. The molecule has 0 aromatic heterocycles. The molecule has 2 heterocycles. The fourth-order valence-corrected chi connectivity index (χ4v) is 3.51. The van der Waals surface area contributed by atoms with Gasteiger partial charge in [-0.25, -0.2) is 0 Å². The van der Waals surface area contributed by atoms with Crippen LogP contribution >= 0.6 is 0 Å². The molecule has 1 spiro atoms. The summed E-state index contributed by atoms with van der Waals surface area (Å²) >= 11 is 0. The number of nitrogens with one attached hydrogen (secondary N) is 1. The number of amides is 2. The Morgan fingerprint density at radius 1 is 1.33 bits per heavy atom. The Morgan fingerprint density at radius 3 is 2.75 bits per heavy atom. The maximum absolute atomic E-state index is 12.3. The average molecular weight is 330 g/mol. The number of hydrogen-bond acceptors (Lipinski definition) is 4. The van der Waals surface area contributed by atoms with Gasteiger partial charge < -0.3 is 19.7 Å². The van der Waals surface area contributed by atoms with E-state index in [9.17, 15) is 9.59 Å². The molecule has 1 aliphatic carbocycles. The molecule has 24 heavy (non-hydrogen) atoms. The molecule has 0 bridgehead atoms. The summed E-state index contributed by atoms with van der Waals surface area (Å²) in [6.07, 6.45) is 3.51. The Bertz CT molecular complexity index is 676. The smallest absolute Gasteiger partial charge is 0.255 e. The van der Waals surface area contributed by atoms with Gasteiger partial charge >= 0.3 is 0 Å². The van der Waals surface area contributed by atoms with Crippen LogP contribution in [0.15, 0.2) is 18.2 Å². The highest BCUT2D eigenvalue weighted by Crippen LogP contribution is 2.37. The van der Waals surface area contributed by atoms with Crippen molar-refractivity contribution in [3.63, 3.8) is 0 Å². The molecule has 2 amide bonds. The van der Waals surface area contributed by atoms with Crippen molar-refractivity contribution in [2.75, 3.05) is 26.7 Å². The van der Waals surface area contributed by atoms with Crippen molar-refractivity contribution in [2.45, 2.75) is 31.3 Å². The van der Waals surface area contributed by atoms with E-state index in [1.807, 2.05) is 4.90 Å². The fourth-order valence-electron chi connectivity index (χ4n) is 3.51. The van der Waals surface area contributed by atoms with Crippen LogP contribution in [0, 0.1) is 5.92 Å². The van der Waals surface area contributed by atoms with Crippen LogP contribution in [-0.4, -0.2) is 49.1 Å². The number of benzene rings is 1. The first-order chi connectivity index (χ1) is 11.6. The lowest BCUT2D eigenvalue weighted by molar-refractivity contribution is -0.135. The van der Waals surface area contributed by atoms with Gasteiger partial charge in [0.1, 0.15) is 17.1 Å². The van der Waals surface area contributed by atoms with E-state index < -0.39 is 5.60 Å². The van der Waals surface area contributed by atoms with E-state index >= 15 is 0 Å². The van der Waals surface area contributed by atoms with Crippen LogP contribution in [-0.2, 0) is 4.79 Å². The van der Waals surface area contributed by atoms with Crippen LogP contribution in [0.1, 0.15) is 36.0 Å². The minimum Gasteiger partial charge on any atom is -0.497 e. The molecule has 0 atom stereocenters. The normalized spacial score (nSPS) is 22.2. The zero-order chi connectivity index (χ0) is 16.7. The number of likely N-dealkylation sites (tertiary alicyclic amines) is 1. The van der Waals surface area contributed by atoms with Gasteiger partial charge in [0.2, 0.25) is 5.91 Å². The van der Waals surface area contributed by atoms with Gasteiger partial charge in [-0.15, -0.1) is 0 Å². The van der Waals surface area contributed by atoms with Crippen LogP contribution in [0.5, 0.6) is 11.5 Å². The van der Waals surface area contributed by atoms with E-state index in [4.69, 9.17) is 9.47 Å². The number of carbonyl (C=O) groups excluding carboxylic acids is 2. The average Bonchev–Trinajstić information content (AvgIpc) is 3.45. The molecule has 2 aliphatic heterocycles. The number of fused-ring (bicyclic) bond motifs is 1. The van der Waals surface area contributed by atoms with Crippen molar-refractivity contribution >= 4 is 11.8 Å². The van der Waals surface area contributed by atoms with E-state index in [1.165, 1.54) is 0 Å². The van der Waals surface area contributed by atoms with Crippen LogP contribution in [0.3, 0.4) is 0 Å². The van der Waals surface area contributed by atoms with Crippen LogP contribution < -0.4 is 14.8 Å². The number of ether oxygens (including phenoxy) is 2. The topological polar surface area (TPSA) is 67.9 Å². The van der Waals surface area contributed by atoms with Crippen molar-refractivity contribution in [3.8, 4) is 11.5 Å². The second kappa shape index (κ2) is 5.69. The first-order valence-corrected chi connectivity index (χ1v) is 8.54. The van der Waals surface area contributed by atoms with Gasteiger partial charge in [0, 0.05) is 37.9 Å². The Morgan fingerprint density at radius 2 is 2.08 bits per heavy atom. The first-order valence-electron chi connectivity index (χ1n) is 8.54. The molecular formula is C18H22N2O4. The van der Waals surface area contributed by atoms with Crippen molar-refractivity contribution in [3.05, 3.63) is 23.8 Å². The molecule has 2 fully saturated rings. The molecule has 1 saturated carbocycles. The van der Waals surface area contributed by atoms with Gasteiger partial charge in [-0.05, 0) is 25.0 Å². The third-order valence-electron chi connectivity index (χ3n) is 5.24. The summed E-state index contributed by atoms with van der Waals surface area (Å²) < 4.78 is 11.6. The lowest BCUT2D eigenvalue weighted by Crippen LogP contribution is -2.54. The molecular weight excluding hydrogens is 308 g/mol. The summed E-state index contributed by atoms with van der Waals surface area (Å²) in [4.78, 5) is 26.5. The van der Waals surface area contributed by atoms with Gasteiger partial charge in [0.15, 0.2) is 0 Å². The monoisotopic (exact) mass is 330 g/mol. The fraction of sp³-hybridized carbons (Fsp3) is 0.556. The van der Waals surface area contributed by atoms with Crippen LogP contribution in [0.2, 0.25) is 0 Å². The second-order valence-electron chi connectivity index (χ2n) is 6.93. The van der Waals surface area contributed by atoms with Gasteiger partial charge in [-0.2, -0.15) is 0 Å². The minimum absolute atomic E-state index is 0.124. The van der Waals surface area contributed by atoms with E-state index in [0.29, 0.717) is 36.7 Å². The summed E-state index contributed by atoms with van der Waals surface area (Å²) in [5, 5.41) is 2.97. The summed E-state index contributed by atoms with van der Waals surface area (Å²) in [6.45, 7) is 1.84. The van der Waals surface area contributed by atoms with E-state index in [-0.39, 0.29) is 17.7 Å².